The van der Waals surface area contributed by atoms with E-state index in [9.17, 15) is 0 Å². The lowest BCUT2D eigenvalue weighted by molar-refractivity contribution is 1.05. The molecule has 4 rings (SSSR count). The van der Waals surface area contributed by atoms with E-state index in [1.807, 2.05) is 0 Å². The van der Waals surface area contributed by atoms with Crippen LogP contribution < -0.4 is 0 Å². The summed E-state index contributed by atoms with van der Waals surface area (Å²) in [5, 5.41) is 2.61. The van der Waals surface area contributed by atoms with E-state index in [2.05, 4.69) is 88.7 Å². The van der Waals surface area contributed by atoms with Gasteiger partial charge < -0.3 is 0 Å². The van der Waals surface area contributed by atoms with Crippen LogP contribution in [0.2, 0.25) is 0 Å². The van der Waals surface area contributed by atoms with Gasteiger partial charge in [0.15, 0.2) is 0 Å². The molecule has 96 valence electrons. The minimum absolute atomic E-state index is 0.378. The maximum Gasteiger partial charge on any atom is 0.0278 e. The van der Waals surface area contributed by atoms with Crippen LogP contribution in [0.3, 0.4) is 0 Å². The van der Waals surface area contributed by atoms with Crippen molar-refractivity contribution in [3.05, 3.63) is 87.9 Å². The van der Waals surface area contributed by atoms with Crippen LogP contribution in [0.15, 0.2) is 71.2 Å². The van der Waals surface area contributed by atoms with E-state index < -0.39 is 0 Å². The van der Waals surface area contributed by atoms with E-state index in [1.165, 1.54) is 27.5 Å². The van der Waals surface area contributed by atoms with Crippen molar-refractivity contribution in [2.75, 3.05) is 0 Å². The normalized spacial score (nSPS) is 16.6. The summed E-state index contributed by atoms with van der Waals surface area (Å²) < 4.78 is 1.14. The monoisotopic (exact) mass is 320 g/mol. The van der Waals surface area contributed by atoms with Gasteiger partial charge in [0.1, 0.15) is 0 Å². The Morgan fingerprint density at radius 1 is 0.800 bits per heavy atom. The van der Waals surface area contributed by atoms with Crippen LogP contribution in [0, 0.1) is 0 Å². The smallest absolute Gasteiger partial charge is 0.0278 e. The molecule has 0 nitrogen and oxygen atoms in total. The number of allylic oxidation sites excluding steroid dienone is 1. The fourth-order valence-electron chi connectivity index (χ4n) is 2.97. The second-order valence-electron chi connectivity index (χ2n) is 5.22. The third kappa shape index (κ3) is 1.90. The van der Waals surface area contributed by atoms with Crippen molar-refractivity contribution in [2.24, 2.45) is 0 Å². The molecule has 0 fully saturated rings. The van der Waals surface area contributed by atoms with Crippen LogP contribution in [0.1, 0.15) is 22.6 Å². The first-order valence-corrected chi connectivity index (χ1v) is 7.57. The van der Waals surface area contributed by atoms with Crippen molar-refractivity contribution < 1.29 is 0 Å². The lowest BCUT2D eigenvalue weighted by Gasteiger charge is -2.12. The SMILES string of the molecule is Brc1ccc2c(c1)C=CC2c1ccc2ccccc2c1. The van der Waals surface area contributed by atoms with Gasteiger partial charge in [-0.1, -0.05) is 76.6 Å². The highest BCUT2D eigenvalue weighted by Crippen LogP contribution is 2.37. The molecule has 0 spiro atoms. The van der Waals surface area contributed by atoms with Gasteiger partial charge in [0.05, 0.1) is 0 Å². The second-order valence-corrected chi connectivity index (χ2v) is 6.13. The van der Waals surface area contributed by atoms with Crippen LogP contribution in [0.5, 0.6) is 0 Å². The summed E-state index contributed by atoms with van der Waals surface area (Å²) in [7, 11) is 0. The quantitative estimate of drug-likeness (QED) is 0.534. The van der Waals surface area contributed by atoms with Crippen LogP contribution in [0.4, 0.5) is 0 Å². The highest BCUT2D eigenvalue weighted by Gasteiger charge is 2.19. The van der Waals surface area contributed by atoms with Gasteiger partial charge in [-0.15, -0.1) is 0 Å². The minimum atomic E-state index is 0.378. The Kier molecular flexibility index (Phi) is 2.75. The summed E-state index contributed by atoms with van der Waals surface area (Å²) in [4.78, 5) is 0. The molecule has 0 heterocycles. The number of benzene rings is 3. The van der Waals surface area contributed by atoms with E-state index in [0.717, 1.165) is 4.47 Å². The third-order valence-corrected chi connectivity index (χ3v) is 4.48. The molecular formula is C19H13Br. The summed E-state index contributed by atoms with van der Waals surface area (Å²) in [5.74, 6) is 0.378. The summed E-state index contributed by atoms with van der Waals surface area (Å²) in [6, 6.07) is 21.8. The molecule has 1 unspecified atom stereocenters. The van der Waals surface area contributed by atoms with Gasteiger partial charge in [-0.2, -0.15) is 0 Å². The zero-order valence-corrected chi connectivity index (χ0v) is 12.5. The van der Waals surface area contributed by atoms with Crippen molar-refractivity contribution in [2.45, 2.75) is 5.92 Å². The molecule has 1 aliphatic rings. The summed E-state index contributed by atoms with van der Waals surface area (Å²) >= 11 is 3.54. The number of hydrogen-bond donors (Lipinski definition) is 0. The van der Waals surface area contributed by atoms with Crippen molar-refractivity contribution in [3.8, 4) is 0 Å². The zero-order chi connectivity index (χ0) is 13.5. The Bertz CT molecular complexity index is 830. The van der Waals surface area contributed by atoms with Crippen LogP contribution in [-0.2, 0) is 0 Å². The minimum Gasteiger partial charge on any atom is -0.0720 e. The molecule has 1 aliphatic carbocycles. The van der Waals surface area contributed by atoms with Crippen LogP contribution in [-0.4, -0.2) is 0 Å². The van der Waals surface area contributed by atoms with E-state index in [0.29, 0.717) is 5.92 Å². The van der Waals surface area contributed by atoms with Gasteiger partial charge in [-0.05, 0) is 39.6 Å². The third-order valence-electron chi connectivity index (χ3n) is 3.98. The molecule has 0 bridgehead atoms. The Balaban J connectivity index is 1.84. The highest BCUT2D eigenvalue weighted by molar-refractivity contribution is 9.10. The maximum atomic E-state index is 3.54. The average Bonchev–Trinajstić information content (AvgIpc) is 2.89. The fourth-order valence-corrected chi connectivity index (χ4v) is 3.35. The standard InChI is InChI=1S/C19H13Br/c20-17-8-10-19-16(12-17)7-9-18(19)15-6-5-13-3-1-2-4-14(13)11-15/h1-12,18H. The van der Waals surface area contributed by atoms with Gasteiger partial charge in [-0.3, -0.25) is 0 Å². The first kappa shape index (κ1) is 11.9. The van der Waals surface area contributed by atoms with E-state index >= 15 is 0 Å². The molecule has 0 saturated carbocycles. The van der Waals surface area contributed by atoms with Crippen molar-refractivity contribution in [3.63, 3.8) is 0 Å². The fraction of sp³-hybridized carbons (Fsp3) is 0.0526. The van der Waals surface area contributed by atoms with E-state index in [4.69, 9.17) is 0 Å². The van der Waals surface area contributed by atoms with Gasteiger partial charge in [0.2, 0.25) is 0 Å². The highest BCUT2D eigenvalue weighted by atomic mass is 79.9. The van der Waals surface area contributed by atoms with Crippen LogP contribution >= 0.6 is 15.9 Å². The molecular weight excluding hydrogens is 308 g/mol. The molecule has 0 N–H and O–H groups in total. The number of rotatable bonds is 1. The predicted molar refractivity (Wildman–Crippen MR) is 89.0 cm³/mol. The Hall–Kier alpha value is -1.86. The molecule has 1 heteroatoms. The van der Waals surface area contributed by atoms with Gasteiger partial charge >= 0.3 is 0 Å². The molecule has 1 atom stereocenters. The second kappa shape index (κ2) is 4.60. The zero-order valence-electron chi connectivity index (χ0n) is 10.9. The number of hydrogen-bond acceptors (Lipinski definition) is 0. The number of halogens is 1. The van der Waals surface area contributed by atoms with Gasteiger partial charge in [0, 0.05) is 10.4 Å². The molecule has 3 aromatic carbocycles. The maximum absolute atomic E-state index is 3.54. The summed E-state index contributed by atoms with van der Waals surface area (Å²) in [5.41, 5.74) is 4.07. The van der Waals surface area contributed by atoms with E-state index in [-0.39, 0.29) is 0 Å². The Morgan fingerprint density at radius 2 is 1.65 bits per heavy atom. The largest absolute Gasteiger partial charge is 0.0720 e. The van der Waals surface area contributed by atoms with Crippen molar-refractivity contribution >= 4 is 32.8 Å². The molecule has 0 aromatic heterocycles. The van der Waals surface area contributed by atoms with E-state index in [1.54, 1.807) is 0 Å². The molecule has 20 heavy (non-hydrogen) atoms. The molecule has 0 saturated heterocycles. The molecule has 0 radical (unpaired) electrons. The predicted octanol–water partition coefficient (Wildman–Crippen LogP) is 5.76. The van der Waals surface area contributed by atoms with Crippen LogP contribution in [0.25, 0.3) is 16.8 Å². The summed E-state index contributed by atoms with van der Waals surface area (Å²) in [6.07, 6.45) is 4.52. The molecule has 3 aromatic rings. The van der Waals surface area contributed by atoms with Gasteiger partial charge in [0.25, 0.3) is 0 Å². The van der Waals surface area contributed by atoms with Gasteiger partial charge in [-0.25, -0.2) is 0 Å². The lowest BCUT2D eigenvalue weighted by Crippen LogP contribution is -1.95. The lowest BCUT2D eigenvalue weighted by atomic mass is 9.91. The Morgan fingerprint density at radius 3 is 2.55 bits per heavy atom. The van der Waals surface area contributed by atoms with Crippen molar-refractivity contribution in [1.29, 1.82) is 0 Å². The first-order chi connectivity index (χ1) is 9.81. The Labute approximate surface area is 126 Å². The molecule has 0 aliphatic heterocycles. The number of fused-ring (bicyclic) bond motifs is 2. The summed E-state index contributed by atoms with van der Waals surface area (Å²) in [6.45, 7) is 0. The average molecular weight is 321 g/mol. The molecule has 0 amide bonds. The van der Waals surface area contributed by atoms with Crippen molar-refractivity contribution in [1.82, 2.24) is 0 Å². The topological polar surface area (TPSA) is 0 Å². The first-order valence-electron chi connectivity index (χ1n) is 6.78.